The first-order valence-electron chi connectivity index (χ1n) is 6.29. The number of allylic oxidation sites excluding steroid dienone is 3. The van der Waals surface area contributed by atoms with Crippen LogP contribution in [0.15, 0.2) is 23.8 Å². The topological polar surface area (TPSA) is 9.72 Å². The molecule has 0 spiro atoms. The van der Waals surface area contributed by atoms with Crippen molar-refractivity contribution >= 4 is 0 Å². The molecular formula is C13H26HfN3. The second-order valence-electron chi connectivity index (χ2n) is 5.00. The molecule has 0 radical (unpaired) electrons. The van der Waals surface area contributed by atoms with E-state index in [0.717, 1.165) is 6.42 Å². The van der Waals surface area contributed by atoms with Crippen molar-refractivity contribution in [1.82, 2.24) is 8.66 Å². The molecule has 3 nitrogen and oxygen atoms in total. The summed E-state index contributed by atoms with van der Waals surface area (Å²) in [5.41, 5.74) is 1.58. The summed E-state index contributed by atoms with van der Waals surface area (Å²) in [5, 5.41) is 0. The number of hydrogen-bond acceptors (Lipinski definition) is 3. The van der Waals surface area contributed by atoms with Gasteiger partial charge in [-0.05, 0) is 0 Å². The van der Waals surface area contributed by atoms with E-state index in [1.54, 1.807) is 5.57 Å². The van der Waals surface area contributed by atoms with Gasteiger partial charge >= 0.3 is 116 Å². The molecule has 97 valence electrons. The summed E-state index contributed by atoms with van der Waals surface area (Å²) in [6, 6.07) is 0.622. The third-order valence-corrected chi connectivity index (χ3v) is 12.3. The van der Waals surface area contributed by atoms with Crippen molar-refractivity contribution in [3.05, 3.63) is 23.8 Å². The van der Waals surface area contributed by atoms with Crippen molar-refractivity contribution in [3.8, 4) is 0 Å². The SMILES string of the molecule is CCC(C1=CC=CC1)[N](C)[Hf]([N](C)C)[N](C)C. The van der Waals surface area contributed by atoms with Crippen molar-refractivity contribution < 1.29 is 22.3 Å². The van der Waals surface area contributed by atoms with Crippen molar-refractivity contribution in [2.24, 2.45) is 0 Å². The number of hydrogen-bond donors (Lipinski definition) is 0. The zero-order valence-electron chi connectivity index (χ0n) is 12.1. The Hall–Kier alpha value is 0.230. The number of rotatable bonds is 6. The molecule has 0 saturated heterocycles. The average molecular weight is 403 g/mol. The minimum absolute atomic E-state index is 0.622. The Labute approximate surface area is 115 Å². The summed E-state index contributed by atoms with van der Waals surface area (Å²) in [5.74, 6) is 0. The fraction of sp³-hybridized carbons (Fsp3) is 0.692. The minimum atomic E-state index is -1.98. The van der Waals surface area contributed by atoms with Crippen LogP contribution in [-0.2, 0) is 22.3 Å². The van der Waals surface area contributed by atoms with Gasteiger partial charge in [0, 0.05) is 0 Å². The Morgan fingerprint density at radius 1 is 1.18 bits per heavy atom. The van der Waals surface area contributed by atoms with Crippen LogP contribution in [0.4, 0.5) is 0 Å². The molecule has 17 heavy (non-hydrogen) atoms. The van der Waals surface area contributed by atoms with Gasteiger partial charge in [0.15, 0.2) is 0 Å². The molecule has 1 aliphatic carbocycles. The maximum absolute atomic E-state index is 2.67. The molecule has 0 aromatic heterocycles. The summed E-state index contributed by atoms with van der Waals surface area (Å²) in [7, 11) is 11.2. The van der Waals surface area contributed by atoms with Gasteiger partial charge in [-0.3, -0.25) is 0 Å². The maximum atomic E-state index is 2.67. The molecule has 0 amide bonds. The van der Waals surface area contributed by atoms with Gasteiger partial charge in [0.25, 0.3) is 0 Å². The summed E-state index contributed by atoms with van der Waals surface area (Å²) in [6.45, 7) is 2.30. The van der Waals surface area contributed by atoms with E-state index < -0.39 is 22.3 Å². The zero-order chi connectivity index (χ0) is 13.0. The molecule has 0 saturated carbocycles. The zero-order valence-corrected chi connectivity index (χ0v) is 15.7. The molecular weight excluding hydrogens is 377 g/mol. The molecule has 4 heteroatoms. The van der Waals surface area contributed by atoms with Gasteiger partial charge in [-0.15, -0.1) is 0 Å². The van der Waals surface area contributed by atoms with Crippen LogP contribution in [-0.4, -0.2) is 49.9 Å². The first kappa shape index (κ1) is 15.3. The predicted octanol–water partition coefficient (Wildman–Crippen LogP) is 2.07. The van der Waals surface area contributed by atoms with E-state index in [0.29, 0.717) is 6.04 Å². The second kappa shape index (κ2) is 6.98. The molecule has 1 unspecified atom stereocenters. The molecule has 0 fully saturated rings. The molecule has 0 N–H and O–H groups in total. The predicted molar refractivity (Wildman–Crippen MR) is 71.1 cm³/mol. The van der Waals surface area contributed by atoms with Crippen LogP contribution in [0.5, 0.6) is 0 Å². The van der Waals surface area contributed by atoms with Crippen molar-refractivity contribution in [2.45, 2.75) is 25.8 Å². The Balaban J connectivity index is 2.79. The number of likely N-dealkylation sites (N-methyl/N-ethyl adjacent to an activating group) is 1. The van der Waals surface area contributed by atoms with Crippen LogP contribution in [0.3, 0.4) is 0 Å². The Morgan fingerprint density at radius 2 is 1.76 bits per heavy atom. The summed E-state index contributed by atoms with van der Waals surface area (Å²) < 4.78 is 7.61. The van der Waals surface area contributed by atoms with Gasteiger partial charge in [-0.2, -0.15) is 0 Å². The van der Waals surface area contributed by atoms with E-state index in [9.17, 15) is 0 Å². The van der Waals surface area contributed by atoms with E-state index in [1.807, 2.05) is 0 Å². The van der Waals surface area contributed by atoms with E-state index in [2.05, 4.69) is 69.1 Å². The van der Waals surface area contributed by atoms with Crippen molar-refractivity contribution in [3.63, 3.8) is 0 Å². The fourth-order valence-electron chi connectivity index (χ4n) is 2.67. The molecule has 0 aromatic carbocycles. The van der Waals surface area contributed by atoms with E-state index in [1.165, 1.54) is 6.42 Å². The Kier molecular flexibility index (Phi) is 6.27. The first-order chi connectivity index (χ1) is 7.99. The average Bonchev–Trinajstić information content (AvgIpc) is 2.70. The second-order valence-corrected chi connectivity index (χ2v) is 16.1. The third-order valence-electron chi connectivity index (χ3n) is 3.20. The molecule has 1 rings (SSSR count). The van der Waals surface area contributed by atoms with Crippen LogP contribution in [0.2, 0.25) is 0 Å². The monoisotopic (exact) mass is 404 g/mol. The Bertz CT molecular complexity index is 289. The van der Waals surface area contributed by atoms with Crippen LogP contribution in [0.1, 0.15) is 19.8 Å². The van der Waals surface area contributed by atoms with Gasteiger partial charge in [0.1, 0.15) is 0 Å². The molecule has 0 bridgehead atoms. The van der Waals surface area contributed by atoms with Gasteiger partial charge in [0.05, 0.1) is 0 Å². The Morgan fingerprint density at radius 3 is 2.12 bits per heavy atom. The van der Waals surface area contributed by atoms with E-state index in [-0.39, 0.29) is 0 Å². The summed E-state index contributed by atoms with van der Waals surface area (Å²) >= 11 is -1.98. The van der Waals surface area contributed by atoms with E-state index in [4.69, 9.17) is 0 Å². The standard InChI is InChI=1S/C9H14N.2C2H6N.Hf/c1-3-9(10-2)8-6-4-5-7-8;2*1-3-2;/h4-6,9H,3,7H2,1-2H3;2*1-2H3;/q3*-1;+3. The van der Waals surface area contributed by atoms with Crippen LogP contribution >= 0.6 is 0 Å². The van der Waals surface area contributed by atoms with Gasteiger partial charge in [-0.1, -0.05) is 0 Å². The van der Waals surface area contributed by atoms with E-state index >= 15 is 0 Å². The molecule has 1 aliphatic rings. The molecule has 0 aromatic rings. The van der Waals surface area contributed by atoms with Gasteiger partial charge in [-0.25, -0.2) is 0 Å². The normalized spacial score (nSPS) is 17.1. The van der Waals surface area contributed by atoms with Gasteiger partial charge in [0.2, 0.25) is 0 Å². The van der Waals surface area contributed by atoms with Crippen molar-refractivity contribution in [1.29, 1.82) is 0 Å². The van der Waals surface area contributed by atoms with Crippen molar-refractivity contribution in [2.75, 3.05) is 35.2 Å². The summed E-state index contributed by atoms with van der Waals surface area (Å²) in [6.07, 6.45) is 9.12. The third kappa shape index (κ3) is 3.85. The summed E-state index contributed by atoms with van der Waals surface area (Å²) in [4.78, 5) is 0. The molecule has 0 heterocycles. The van der Waals surface area contributed by atoms with Gasteiger partial charge < -0.3 is 0 Å². The molecule has 1 atom stereocenters. The van der Waals surface area contributed by atoms with Crippen LogP contribution in [0.25, 0.3) is 0 Å². The number of nitrogens with zero attached hydrogens (tertiary/aromatic N) is 3. The first-order valence-corrected chi connectivity index (χ1v) is 11.1. The van der Waals surface area contributed by atoms with Crippen LogP contribution < -0.4 is 0 Å². The fourth-order valence-corrected chi connectivity index (χ4v) is 12.3. The van der Waals surface area contributed by atoms with Crippen LogP contribution in [0, 0.1) is 0 Å². The molecule has 0 aliphatic heterocycles. The quantitative estimate of drug-likeness (QED) is 0.630.